The Labute approximate surface area is 109 Å². The lowest BCUT2D eigenvalue weighted by atomic mass is 10.1. The van der Waals surface area contributed by atoms with Crippen LogP contribution in [0.25, 0.3) is 0 Å². The van der Waals surface area contributed by atoms with Gasteiger partial charge in [0.25, 0.3) is 0 Å². The summed E-state index contributed by atoms with van der Waals surface area (Å²) in [7, 11) is 0. The number of anilines is 1. The van der Waals surface area contributed by atoms with E-state index in [1.807, 2.05) is 0 Å². The van der Waals surface area contributed by atoms with Crippen molar-refractivity contribution in [2.75, 3.05) is 18.5 Å². The van der Waals surface area contributed by atoms with Crippen LogP contribution in [0, 0.1) is 0 Å². The summed E-state index contributed by atoms with van der Waals surface area (Å²) in [6.07, 6.45) is -0.0844. The van der Waals surface area contributed by atoms with Crippen LogP contribution in [0.15, 0.2) is 18.2 Å². The lowest BCUT2D eigenvalue weighted by molar-refractivity contribution is -0.286. The summed E-state index contributed by atoms with van der Waals surface area (Å²) in [4.78, 5) is 0. The maximum Gasteiger partial charge on any atom is 0.586 e. The molecule has 0 amide bonds. The first-order valence-corrected chi connectivity index (χ1v) is 6.38. The third-order valence-corrected chi connectivity index (χ3v) is 3.21. The minimum Gasteiger partial charge on any atom is -0.395 e. The first kappa shape index (κ1) is 12.5. The number of nitrogens with one attached hydrogen (secondary N) is 1. The molecule has 2 heterocycles. The SMILES string of the molecule is FC1(F)Oc2ccc(NCC3CCCCO3)cc2O1. The molecular weight excluding hydrogens is 256 g/mol. The largest absolute Gasteiger partial charge is 0.586 e. The summed E-state index contributed by atoms with van der Waals surface area (Å²) in [5.74, 6) is 0.115. The quantitative estimate of drug-likeness (QED) is 0.917. The number of hydrogen-bond donors (Lipinski definition) is 1. The van der Waals surface area contributed by atoms with E-state index in [1.54, 1.807) is 6.07 Å². The van der Waals surface area contributed by atoms with Gasteiger partial charge in [-0.1, -0.05) is 0 Å². The summed E-state index contributed by atoms with van der Waals surface area (Å²) in [6.45, 7) is 1.45. The van der Waals surface area contributed by atoms with Crippen LogP contribution in [0.3, 0.4) is 0 Å². The Balaban J connectivity index is 1.60. The van der Waals surface area contributed by atoms with Crippen LogP contribution in [0.4, 0.5) is 14.5 Å². The van der Waals surface area contributed by atoms with Crippen molar-refractivity contribution < 1.29 is 23.0 Å². The Kier molecular flexibility index (Phi) is 3.18. The van der Waals surface area contributed by atoms with Gasteiger partial charge in [-0.15, -0.1) is 8.78 Å². The van der Waals surface area contributed by atoms with E-state index in [1.165, 1.54) is 18.6 Å². The molecule has 1 aromatic rings. The van der Waals surface area contributed by atoms with Gasteiger partial charge >= 0.3 is 6.29 Å². The molecule has 1 saturated heterocycles. The fourth-order valence-electron chi connectivity index (χ4n) is 2.26. The predicted molar refractivity (Wildman–Crippen MR) is 64.7 cm³/mol. The Morgan fingerprint density at radius 3 is 2.84 bits per heavy atom. The molecule has 1 aromatic carbocycles. The zero-order valence-electron chi connectivity index (χ0n) is 10.3. The Morgan fingerprint density at radius 2 is 2.05 bits per heavy atom. The summed E-state index contributed by atoms with van der Waals surface area (Å²) in [6, 6.07) is 4.67. The molecule has 0 aliphatic carbocycles. The van der Waals surface area contributed by atoms with Crippen molar-refractivity contribution in [1.29, 1.82) is 0 Å². The van der Waals surface area contributed by atoms with Crippen molar-refractivity contribution in [1.82, 2.24) is 0 Å². The normalized spacial score (nSPS) is 24.2. The van der Waals surface area contributed by atoms with Crippen LogP contribution in [0.2, 0.25) is 0 Å². The van der Waals surface area contributed by atoms with Crippen molar-refractivity contribution in [3.63, 3.8) is 0 Å². The molecule has 0 bridgehead atoms. The van der Waals surface area contributed by atoms with E-state index in [9.17, 15) is 8.78 Å². The van der Waals surface area contributed by atoms with Gasteiger partial charge in [-0.3, -0.25) is 0 Å². The second-order valence-electron chi connectivity index (χ2n) is 4.70. The zero-order chi connectivity index (χ0) is 13.3. The summed E-state index contributed by atoms with van der Waals surface area (Å²) in [5, 5.41) is 3.17. The highest BCUT2D eigenvalue weighted by Crippen LogP contribution is 2.42. The highest BCUT2D eigenvalue weighted by molar-refractivity contribution is 5.56. The van der Waals surface area contributed by atoms with E-state index in [4.69, 9.17) is 4.74 Å². The van der Waals surface area contributed by atoms with E-state index in [2.05, 4.69) is 14.8 Å². The fraction of sp³-hybridized carbons (Fsp3) is 0.538. The molecular formula is C13H15F2NO3. The van der Waals surface area contributed by atoms with Gasteiger partial charge in [-0.05, 0) is 31.4 Å². The van der Waals surface area contributed by atoms with E-state index >= 15 is 0 Å². The van der Waals surface area contributed by atoms with Gasteiger partial charge in [0, 0.05) is 24.9 Å². The average Bonchev–Trinajstić information content (AvgIpc) is 2.70. The van der Waals surface area contributed by atoms with E-state index < -0.39 is 6.29 Å². The van der Waals surface area contributed by atoms with Crippen molar-refractivity contribution in [2.45, 2.75) is 31.7 Å². The standard InChI is InChI=1S/C13H15F2NO3/c14-13(15)18-11-5-4-9(7-12(11)19-13)16-8-10-3-1-2-6-17-10/h4-5,7,10,16H,1-3,6,8H2. The molecule has 0 spiro atoms. The van der Waals surface area contributed by atoms with Crippen molar-refractivity contribution in [3.8, 4) is 11.5 Å². The number of ether oxygens (including phenoxy) is 3. The molecule has 0 saturated carbocycles. The average molecular weight is 271 g/mol. The molecule has 104 valence electrons. The summed E-state index contributed by atoms with van der Waals surface area (Å²) in [5.41, 5.74) is 0.717. The molecule has 2 aliphatic heterocycles. The number of alkyl halides is 2. The minimum atomic E-state index is -3.56. The third-order valence-electron chi connectivity index (χ3n) is 3.21. The number of benzene rings is 1. The highest BCUT2D eigenvalue weighted by Gasteiger charge is 2.43. The van der Waals surface area contributed by atoms with Gasteiger partial charge in [-0.2, -0.15) is 0 Å². The van der Waals surface area contributed by atoms with E-state index in [0.29, 0.717) is 12.2 Å². The Hall–Kier alpha value is -1.56. The molecule has 1 atom stereocenters. The van der Waals surface area contributed by atoms with Gasteiger partial charge in [0.15, 0.2) is 11.5 Å². The number of halogens is 2. The number of fused-ring (bicyclic) bond motifs is 1. The lowest BCUT2D eigenvalue weighted by Gasteiger charge is -2.23. The smallest absolute Gasteiger partial charge is 0.395 e. The monoisotopic (exact) mass is 271 g/mol. The van der Waals surface area contributed by atoms with Crippen LogP contribution < -0.4 is 14.8 Å². The molecule has 2 aliphatic rings. The maximum atomic E-state index is 12.9. The fourth-order valence-corrected chi connectivity index (χ4v) is 2.26. The number of rotatable bonds is 3. The van der Waals surface area contributed by atoms with Crippen molar-refractivity contribution >= 4 is 5.69 Å². The third kappa shape index (κ3) is 2.89. The molecule has 19 heavy (non-hydrogen) atoms. The maximum absolute atomic E-state index is 12.9. The van der Waals surface area contributed by atoms with Crippen LogP contribution in [0.5, 0.6) is 11.5 Å². The minimum absolute atomic E-state index is 0.0552. The topological polar surface area (TPSA) is 39.7 Å². The van der Waals surface area contributed by atoms with Crippen LogP contribution in [-0.4, -0.2) is 25.6 Å². The Bertz CT molecular complexity index is 461. The van der Waals surface area contributed by atoms with Gasteiger partial charge < -0.3 is 19.5 Å². The lowest BCUT2D eigenvalue weighted by Crippen LogP contribution is -2.27. The van der Waals surface area contributed by atoms with Gasteiger partial charge in [0.1, 0.15) is 0 Å². The van der Waals surface area contributed by atoms with Crippen LogP contribution in [-0.2, 0) is 4.74 Å². The molecule has 4 nitrogen and oxygen atoms in total. The summed E-state index contributed by atoms with van der Waals surface area (Å²) >= 11 is 0. The van der Waals surface area contributed by atoms with Gasteiger partial charge in [0.05, 0.1) is 6.10 Å². The van der Waals surface area contributed by atoms with Gasteiger partial charge in [-0.25, -0.2) is 0 Å². The molecule has 1 fully saturated rings. The van der Waals surface area contributed by atoms with E-state index in [0.717, 1.165) is 19.4 Å². The zero-order valence-corrected chi connectivity index (χ0v) is 10.3. The second-order valence-corrected chi connectivity index (χ2v) is 4.70. The van der Waals surface area contributed by atoms with Crippen LogP contribution >= 0.6 is 0 Å². The summed E-state index contributed by atoms with van der Waals surface area (Å²) < 4.78 is 40.0. The molecule has 1 N–H and O–H groups in total. The van der Waals surface area contributed by atoms with Crippen molar-refractivity contribution in [3.05, 3.63) is 18.2 Å². The van der Waals surface area contributed by atoms with Crippen molar-refractivity contribution in [2.24, 2.45) is 0 Å². The number of hydrogen-bond acceptors (Lipinski definition) is 4. The first-order valence-electron chi connectivity index (χ1n) is 6.38. The molecule has 1 unspecified atom stereocenters. The first-order chi connectivity index (χ1) is 9.12. The van der Waals surface area contributed by atoms with Gasteiger partial charge in [0.2, 0.25) is 0 Å². The molecule has 6 heteroatoms. The molecule has 3 rings (SSSR count). The molecule has 0 aromatic heterocycles. The molecule has 0 radical (unpaired) electrons. The van der Waals surface area contributed by atoms with E-state index in [-0.39, 0.29) is 17.6 Å². The van der Waals surface area contributed by atoms with Crippen LogP contribution in [0.1, 0.15) is 19.3 Å². The second kappa shape index (κ2) is 4.85. The highest BCUT2D eigenvalue weighted by atomic mass is 19.3. The Morgan fingerprint density at radius 1 is 1.21 bits per heavy atom. The predicted octanol–water partition coefficient (Wildman–Crippen LogP) is 2.99.